The summed E-state index contributed by atoms with van der Waals surface area (Å²) in [5, 5.41) is 5.64. The van der Waals surface area contributed by atoms with Gasteiger partial charge in [0.15, 0.2) is 0 Å². The van der Waals surface area contributed by atoms with Gasteiger partial charge in [0.1, 0.15) is 0 Å². The lowest BCUT2D eigenvalue weighted by molar-refractivity contribution is 0.242. The van der Waals surface area contributed by atoms with Gasteiger partial charge in [-0.2, -0.15) is 0 Å². The Morgan fingerprint density at radius 1 is 0.786 bits per heavy atom. The van der Waals surface area contributed by atoms with Crippen LogP contribution in [0.2, 0.25) is 0 Å². The minimum atomic E-state index is -0.0260. The Kier molecular flexibility index (Phi) is 6.47. The summed E-state index contributed by atoms with van der Waals surface area (Å²) in [4.78, 5) is 30.6. The van der Waals surface area contributed by atoms with Gasteiger partial charge in [-0.05, 0) is 51.0 Å². The second-order valence-electron chi connectivity index (χ2n) is 6.97. The molecule has 3 heterocycles. The largest absolute Gasteiger partial charge is 0.338 e. The first-order chi connectivity index (χ1) is 13.5. The molecule has 28 heavy (non-hydrogen) atoms. The molecule has 2 aliphatic heterocycles. The summed E-state index contributed by atoms with van der Waals surface area (Å²) < 4.78 is 0. The van der Waals surface area contributed by atoms with Gasteiger partial charge in [-0.3, -0.25) is 14.8 Å². The molecule has 0 atom stereocenters. The maximum absolute atomic E-state index is 11.5. The van der Waals surface area contributed by atoms with Crippen molar-refractivity contribution in [3.8, 4) is 0 Å². The van der Waals surface area contributed by atoms with Crippen LogP contribution in [0.5, 0.6) is 0 Å². The van der Waals surface area contributed by atoms with E-state index in [1.54, 1.807) is 16.0 Å². The van der Waals surface area contributed by atoms with Crippen molar-refractivity contribution in [2.24, 2.45) is 0 Å². The molecule has 2 aliphatic rings. The van der Waals surface area contributed by atoms with Crippen molar-refractivity contribution >= 4 is 23.4 Å². The standard InChI is InChI=1S/C11H14N2O.C10H13N3O/c1-9-3-5-10(6-4-9)13-8-2-7-12-11(13)14;1-8-3-4-9(7-12-8)13-6-2-5-11-10(13)14/h3-6H,2,7-8H2,1H3,(H,12,14);3-4,7H,2,5-6H2,1H3,(H,11,14). The van der Waals surface area contributed by atoms with Crippen LogP contribution in [0.25, 0.3) is 0 Å². The van der Waals surface area contributed by atoms with Crippen LogP contribution in [0.3, 0.4) is 0 Å². The predicted octanol–water partition coefficient (Wildman–Crippen LogP) is 3.22. The Morgan fingerprint density at radius 2 is 1.32 bits per heavy atom. The van der Waals surface area contributed by atoms with Crippen molar-refractivity contribution in [2.45, 2.75) is 26.7 Å². The van der Waals surface area contributed by atoms with Gasteiger partial charge in [0, 0.05) is 37.6 Å². The zero-order chi connectivity index (χ0) is 19.9. The second kappa shape index (κ2) is 9.21. The van der Waals surface area contributed by atoms with E-state index in [0.29, 0.717) is 0 Å². The SMILES string of the molecule is Cc1ccc(N2CCCNC2=O)cc1.Cc1ccc(N2CCCNC2=O)cn1. The molecule has 0 unspecified atom stereocenters. The van der Waals surface area contributed by atoms with Gasteiger partial charge in [-0.25, -0.2) is 9.59 Å². The van der Waals surface area contributed by atoms with Crippen LogP contribution >= 0.6 is 0 Å². The number of benzene rings is 1. The lowest BCUT2D eigenvalue weighted by Gasteiger charge is -2.27. The van der Waals surface area contributed by atoms with Crippen LogP contribution in [0, 0.1) is 13.8 Å². The molecular weight excluding hydrogens is 354 g/mol. The van der Waals surface area contributed by atoms with Crippen molar-refractivity contribution in [1.82, 2.24) is 15.6 Å². The number of nitrogens with zero attached hydrogens (tertiary/aromatic N) is 3. The quantitative estimate of drug-likeness (QED) is 0.838. The molecule has 4 amide bonds. The Morgan fingerprint density at radius 3 is 1.82 bits per heavy atom. The highest BCUT2D eigenvalue weighted by Crippen LogP contribution is 2.17. The van der Waals surface area contributed by atoms with E-state index in [1.165, 1.54) is 5.56 Å². The van der Waals surface area contributed by atoms with Gasteiger partial charge in [-0.1, -0.05) is 17.7 Å². The number of amides is 4. The first-order valence-electron chi connectivity index (χ1n) is 9.64. The third kappa shape index (κ3) is 5.00. The molecule has 4 rings (SSSR count). The van der Waals surface area contributed by atoms with Crippen molar-refractivity contribution in [3.05, 3.63) is 53.9 Å². The summed E-state index contributed by atoms with van der Waals surface area (Å²) in [6.07, 6.45) is 3.74. The molecule has 1 aromatic carbocycles. The Balaban J connectivity index is 0.000000161. The van der Waals surface area contributed by atoms with Crippen molar-refractivity contribution in [2.75, 3.05) is 36.0 Å². The molecule has 2 aromatic rings. The monoisotopic (exact) mass is 381 g/mol. The highest BCUT2D eigenvalue weighted by Gasteiger charge is 2.19. The molecule has 1 aromatic heterocycles. The number of hydrogen-bond donors (Lipinski definition) is 2. The number of aryl methyl sites for hydroxylation is 2. The van der Waals surface area contributed by atoms with E-state index < -0.39 is 0 Å². The van der Waals surface area contributed by atoms with Gasteiger partial charge in [0.25, 0.3) is 0 Å². The lowest BCUT2D eigenvalue weighted by atomic mass is 10.2. The van der Waals surface area contributed by atoms with E-state index >= 15 is 0 Å². The maximum Gasteiger partial charge on any atom is 0.321 e. The number of carbonyl (C=O) groups excluding carboxylic acids is 2. The molecule has 7 nitrogen and oxygen atoms in total. The molecule has 2 saturated heterocycles. The van der Waals surface area contributed by atoms with Crippen LogP contribution in [0.4, 0.5) is 21.0 Å². The van der Waals surface area contributed by atoms with Gasteiger partial charge >= 0.3 is 12.1 Å². The normalized spacial score (nSPS) is 16.6. The average molecular weight is 381 g/mol. The Hall–Kier alpha value is -3.09. The fraction of sp³-hybridized carbons (Fsp3) is 0.381. The molecule has 0 spiro atoms. The Labute approximate surface area is 165 Å². The number of urea groups is 2. The van der Waals surface area contributed by atoms with E-state index in [-0.39, 0.29) is 12.1 Å². The van der Waals surface area contributed by atoms with Crippen molar-refractivity contribution in [3.63, 3.8) is 0 Å². The summed E-state index contributed by atoms with van der Waals surface area (Å²) in [5.41, 5.74) is 4.03. The number of carbonyl (C=O) groups is 2. The minimum absolute atomic E-state index is 0.0140. The summed E-state index contributed by atoms with van der Waals surface area (Å²) in [6, 6.07) is 11.8. The summed E-state index contributed by atoms with van der Waals surface area (Å²) >= 11 is 0. The number of nitrogens with one attached hydrogen (secondary N) is 2. The van der Waals surface area contributed by atoms with Gasteiger partial charge in [0.05, 0.1) is 11.9 Å². The van der Waals surface area contributed by atoms with E-state index in [9.17, 15) is 9.59 Å². The number of anilines is 2. The molecule has 0 saturated carbocycles. The van der Waals surface area contributed by atoms with Crippen molar-refractivity contribution in [1.29, 1.82) is 0 Å². The molecule has 7 heteroatoms. The molecule has 2 fully saturated rings. The zero-order valence-corrected chi connectivity index (χ0v) is 16.4. The van der Waals surface area contributed by atoms with Gasteiger partial charge < -0.3 is 10.6 Å². The fourth-order valence-electron chi connectivity index (χ4n) is 3.10. The van der Waals surface area contributed by atoms with E-state index in [0.717, 1.165) is 56.1 Å². The number of rotatable bonds is 2. The second-order valence-corrected chi connectivity index (χ2v) is 6.97. The summed E-state index contributed by atoms with van der Waals surface area (Å²) in [6.45, 7) is 7.13. The third-order valence-electron chi connectivity index (χ3n) is 4.71. The van der Waals surface area contributed by atoms with E-state index in [4.69, 9.17) is 0 Å². The van der Waals surface area contributed by atoms with Crippen LogP contribution in [-0.2, 0) is 0 Å². The summed E-state index contributed by atoms with van der Waals surface area (Å²) in [7, 11) is 0. The number of hydrogen-bond acceptors (Lipinski definition) is 3. The van der Waals surface area contributed by atoms with E-state index in [1.807, 2.05) is 50.2 Å². The third-order valence-corrected chi connectivity index (χ3v) is 4.71. The molecular formula is C21H27N5O2. The summed E-state index contributed by atoms with van der Waals surface area (Å²) in [5.74, 6) is 0. The first-order valence-corrected chi connectivity index (χ1v) is 9.64. The fourth-order valence-corrected chi connectivity index (χ4v) is 3.10. The van der Waals surface area contributed by atoms with E-state index in [2.05, 4.69) is 15.6 Å². The number of aromatic nitrogens is 1. The topological polar surface area (TPSA) is 77.6 Å². The lowest BCUT2D eigenvalue weighted by Crippen LogP contribution is -2.46. The van der Waals surface area contributed by atoms with Gasteiger partial charge in [0.2, 0.25) is 0 Å². The van der Waals surface area contributed by atoms with Crippen LogP contribution in [-0.4, -0.2) is 43.2 Å². The molecule has 0 bridgehead atoms. The number of pyridine rings is 1. The smallest absolute Gasteiger partial charge is 0.321 e. The van der Waals surface area contributed by atoms with Crippen LogP contribution in [0.15, 0.2) is 42.6 Å². The average Bonchev–Trinajstić information content (AvgIpc) is 2.71. The van der Waals surface area contributed by atoms with Gasteiger partial charge in [-0.15, -0.1) is 0 Å². The predicted molar refractivity (Wildman–Crippen MR) is 111 cm³/mol. The molecule has 0 radical (unpaired) electrons. The minimum Gasteiger partial charge on any atom is -0.338 e. The molecule has 0 aliphatic carbocycles. The van der Waals surface area contributed by atoms with Crippen LogP contribution < -0.4 is 20.4 Å². The highest BCUT2D eigenvalue weighted by atomic mass is 16.2. The maximum atomic E-state index is 11.5. The Bertz CT molecular complexity index is 735. The molecule has 148 valence electrons. The van der Waals surface area contributed by atoms with Crippen LogP contribution in [0.1, 0.15) is 24.1 Å². The highest BCUT2D eigenvalue weighted by molar-refractivity contribution is 5.93. The molecule has 2 N–H and O–H groups in total. The first kappa shape index (κ1) is 19.7. The van der Waals surface area contributed by atoms with Crippen molar-refractivity contribution < 1.29 is 9.59 Å². The zero-order valence-electron chi connectivity index (χ0n) is 16.4.